The van der Waals surface area contributed by atoms with Gasteiger partial charge in [0.15, 0.2) is 0 Å². The highest BCUT2D eigenvalue weighted by atomic mass is 16.5. The molecule has 88 valence electrons. The third kappa shape index (κ3) is 3.99. The molecular formula is C13H13NO3. The first-order valence-corrected chi connectivity index (χ1v) is 5.14. The number of carboxylic acid groups (broad SMARTS) is 1. The maximum absolute atomic E-state index is 10.6. The summed E-state index contributed by atoms with van der Waals surface area (Å²) in [6.07, 6.45) is 1.41. The molecule has 0 spiro atoms. The molecule has 1 N–H and O–H groups in total. The number of carboxylic acids is 1. The predicted molar refractivity (Wildman–Crippen MR) is 63.4 cm³/mol. The molecule has 4 heteroatoms. The third-order valence-corrected chi connectivity index (χ3v) is 1.91. The smallest absolute Gasteiger partial charge is 0.346 e. The van der Waals surface area contributed by atoms with Crippen molar-refractivity contribution in [1.82, 2.24) is 0 Å². The molecule has 0 aliphatic heterocycles. The number of rotatable bonds is 4. The second-order valence-corrected chi connectivity index (χ2v) is 3.71. The van der Waals surface area contributed by atoms with Gasteiger partial charge in [0, 0.05) is 0 Å². The van der Waals surface area contributed by atoms with Crippen LogP contribution in [0.5, 0.6) is 5.75 Å². The van der Waals surface area contributed by atoms with Crippen molar-refractivity contribution in [3.05, 3.63) is 35.4 Å². The van der Waals surface area contributed by atoms with Crippen molar-refractivity contribution in [2.75, 3.05) is 0 Å². The Hall–Kier alpha value is -2.28. The van der Waals surface area contributed by atoms with Crippen LogP contribution >= 0.6 is 0 Å². The van der Waals surface area contributed by atoms with Crippen LogP contribution in [-0.4, -0.2) is 17.2 Å². The Balaban J connectivity index is 2.88. The Morgan fingerprint density at radius 3 is 2.41 bits per heavy atom. The van der Waals surface area contributed by atoms with Crippen LogP contribution in [0.4, 0.5) is 0 Å². The van der Waals surface area contributed by atoms with Gasteiger partial charge < -0.3 is 9.84 Å². The largest absolute Gasteiger partial charge is 0.491 e. The van der Waals surface area contributed by atoms with Crippen LogP contribution in [0.3, 0.4) is 0 Å². The molecule has 0 unspecified atom stereocenters. The van der Waals surface area contributed by atoms with E-state index in [9.17, 15) is 4.79 Å². The van der Waals surface area contributed by atoms with Gasteiger partial charge in [-0.25, -0.2) is 4.79 Å². The predicted octanol–water partition coefficient (Wildman–Crippen LogP) is 2.47. The van der Waals surface area contributed by atoms with Gasteiger partial charge in [0.05, 0.1) is 6.10 Å². The summed E-state index contributed by atoms with van der Waals surface area (Å²) in [6.45, 7) is 3.85. The van der Waals surface area contributed by atoms with Gasteiger partial charge in [-0.15, -0.1) is 0 Å². The first kappa shape index (κ1) is 12.8. The van der Waals surface area contributed by atoms with Crippen molar-refractivity contribution in [2.24, 2.45) is 0 Å². The summed E-state index contributed by atoms with van der Waals surface area (Å²) in [7, 11) is 0. The first-order valence-electron chi connectivity index (χ1n) is 5.14. The van der Waals surface area contributed by atoms with Crippen molar-refractivity contribution in [3.63, 3.8) is 0 Å². The van der Waals surface area contributed by atoms with E-state index in [1.807, 2.05) is 13.8 Å². The van der Waals surface area contributed by atoms with Crippen molar-refractivity contribution in [3.8, 4) is 11.8 Å². The summed E-state index contributed by atoms with van der Waals surface area (Å²) in [5, 5.41) is 17.3. The molecule has 0 amide bonds. The number of nitriles is 1. The van der Waals surface area contributed by atoms with Gasteiger partial charge in [-0.05, 0) is 37.6 Å². The van der Waals surface area contributed by atoms with Gasteiger partial charge in [-0.3, -0.25) is 0 Å². The molecule has 0 saturated carbocycles. The minimum Gasteiger partial charge on any atom is -0.491 e. The molecule has 0 radical (unpaired) electrons. The molecule has 0 fully saturated rings. The van der Waals surface area contributed by atoms with E-state index in [2.05, 4.69) is 0 Å². The van der Waals surface area contributed by atoms with Crippen LogP contribution < -0.4 is 4.74 Å². The van der Waals surface area contributed by atoms with Gasteiger partial charge in [0.25, 0.3) is 0 Å². The number of hydrogen-bond acceptors (Lipinski definition) is 3. The van der Waals surface area contributed by atoms with Crippen LogP contribution in [0, 0.1) is 11.3 Å². The highest BCUT2D eigenvalue weighted by Gasteiger charge is 2.05. The number of benzene rings is 1. The molecule has 0 aromatic heterocycles. The fourth-order valence-electron chi connectivity index (χ4n) is 1.22. The summed E-state index contributed by atoms with van der Waals surface area (Å²) < 4.78 is 5.45. The van der Waals surface area contributed by atoms with Crippen molar-refractivity contribution in [2.45, 2.75) is 20.0 Å². The van der Waals surface area contributed by atoms with E-state index in [-0.39, 0.29) is 11.7 Å². The lowest BCUT2D eigenvalue weighted by Gasteiger charge is -2.09. The van der Waals surface area contributed by atoms with E-state index in [1.165, 1.54) is 6.08 Å². The molecule has 1 aromatic carbocycles. The van der Waals surface area contributed by atoms with Crippen molar-refractivity contribution >= 4 is 12.0 Å². The number of ether oxygens (including phenoxy) is 1. The van der Waals surface area contributed by atoms with Gasteiger partial charge in [-0.1, -0.05) is 12.1 Å². The minimum absolute atomic E-state index is 0.0880. The van der Waals surface area contributed by atoms with Crippen molar-refractivity contribution < 1.29 is 14.6 Å². The monoisotopic (exact) mass is 231 g/mol. The molecule has 0 atom stereocenters. The summed E-state index contributed by atoms with van der Waals surface area (Å²) in [4.78, 5) is 10.6. The molecule has 0 saturated heterocycles. The fraction of sp³-hybridized carbons (Fsp3) is 0.231. The first-order chi connectivity index (χ1) is 8.02. The summed E-state index contributed by atoms with van der Waals surface area (Å²) in [6, 6.07) is 8.52. The lowest BCUT2D eigenvalue weighted by Crippen LogP contribution is -2.05. The third-order valence-electron chi connectivity index (χ3n) is 1.91. The van der Waals surface area contributed by atoms with E-state index in [1.54, 1.807) is 30.3 Å². The van der Waals surface area contributed by atoms with E-state index < -0.39 is 5.97 Å². The highest BCUT2D eigenvalue weighted by Crippen LogP contribution is 2.15. The Morgan fingerprint density at radius 1 is 1.41 bits per heavy atom. The van der Waals surface area contributed by atoms with Crippen LogP contribution in [0.15, 0.2) is 29.8 Å². The lowest BCUT2D eigenvalue weighted by atomic mass is 10.1. The Bertz CT molecular complexity index is 466. The molecule has 0 heterocycles. The quantitative estimate of drug-likeness (QED) is 0.638. The maximum atomic E-state index is 10.6. The molecule has 0 aliphatic carbocycles. The molecular weight excluding hydrogens is 218 g/mol. The minimum atomic E-state index is -1.23. The van der Waals surface area contributed by atoms with Crippen LogP contribution in [0.25, 0.3) is 6.08 Å². The maximum Gasteiger partial charge on any atom is 0.346 e. The average molecular weight is 231 g/mol. The number of hydrogen-bond donors (Lipinski definition) is 1. The van der Waals surface area contributed by atoms with Crippen LogP contribution in [0.2, 0.25) is 0 Å². The molecule has 0 aliphatic rings. The van der Waals surface area contributed by atoms with Gasteiger partial charge in [-0.2, -0.15) is 5.26 Å². The van der Waals surface area contributed by atoms with E-state index in [0.29, 0.717) is 11.3 Å². The van der Waals surface area contributed by atoms with Crippen LogP contribution in [0.1, 0.15) is 19.4 Å². The Labute approximate surface area is 99.8 Å². The Kier molecular flexibility index (Phi) is 4.29. The van der Waals surface area contributed by atoms with Gasteiger partial charge in [0.1, 0.15) is 17.4 Å². The van der Waals surface area contributed by atoms with E-state index in [4.69, 9.17) is 15.1 Å². The molecule has 0 bridgehead atoms. The lowest BCUT2D eigenvalue weighted by molar-refractivity contribution is -0.132. The second kappa shape index (κ2) is 5.71. The SMILES string of the molecule is CC(C)Oc1ccc(/C=C(\C#N)C(=O)O)cc1. The number of carbonyl (C=O) groups is 1. The van der Waals surface area contributed by atoms with Gasteiger partial charge >= 0.3 is 5.97 Å². The van der Waals surface area contributed by atoms with E-state index in [0.717, 1.165) is 0 Å². The zero-order chi connectivity index (χ0) is 12.8. The zero-order valence-corrected chi connectivity index (χ0v) is 9.68. The second-order valence-electron chi connectivity index (χ2n) is 3.71. The highest BCUT2D eigenvalue weighted by molar-refractivity contribution is 5.96. The average Bonchev–Trinajstić information content (AvgIpc) is 2.26. The normalized spacial score (nSPS) is 11.1. The molecule has 4 nitrogen and oxygen atoms in total. The molecule has 1 aromatic rings. The standard InChI is InChI=1S/C13H13NO3/c1-9(2)17-12-5-3-10(4-6-12)7-11(8-14)13(15)16/h3-7,9H,1-2H3,(H,15,16)/b11-7+. The zero-order valence-electron chi connectivity index (χ0n) is 9.68. The molecule has 17 heavy (non-hydrogen) atoms. The summed E-state index contributed by atoms with van der Waals surface area (Å²) >= 11 is 0. The van der Waals surface area contributed by atoms with Gasteiger partial charge in [0.2, 0.25) is 0 Å². The number of aliphatic carboxylic acids is 1. The topological polar surface area (TPSA) is 70.3 Å². The van der Waals surface area contributed by atoms with Crippen LogP contribution in [-0.2, 0) is 4.79 Å². The summed E-state index contributed by atoms with van der Waals surface area (Å²) in [5.74, 6) is -0.513. The van der Waals surface area contributed by atoms with Crippen molar-refractivity contribution in [1.29, 1.82) is 5.26 Å². The molecule has 1 rings (SSSR count). The fourth-order valence-corrected chi connectivity index (χ4v) is 1.22. The Morgan fingerprint density at radius 2 is 2.00 bits per heavy atom. The van der Waals surface area contributed by atoms with E-state index >= 15 is 0 Å². The number of nitrogens with zero attached hydrogens (tertiary/aromatic N) is 1. The summed E-state index contributed by atoms with van der Waals surface area (Å²) in [5.41, 5.74) is 0.364.